The highest BCUT2D eigenvalue weighted by Gasteiger charge is 2.16. The number of hydrogen-bond acceptors (Lipinski definition) is 4. The van der Waals surface area contributed by atoms with Crippen molar-refractivity contribution in [3.8, 4) is 5.75 Å². The fraction of sp³-hybridized carbons (Fsp3) is 0.467. The molecule has 0 saturated carbocycles. The minimum atomic E-state index is -1.05. The lowest BCUT2D eigenvalue weighted by molar-refractivity contribution is -0.139. The van der Waals surface area contributed by atoms with Crippen molar-refractivity contribution in [2.45, 2.75) is 25.3 Å². The maximum absolute atomic E-state index is 12.2. The molecule has 1 amide bonds. The molecule has 21 heavy (non-hydrogen) atoms. The predicted octanol–water partition coefficient (Wildman–Crippen LogP) is 1.45. The van der Waals surface area contributed by atoms with Crippen molar-refractivity contribution in [1.29, 1.82) is 0 Å². The highest BCUT2D eigenvalue weighted by atomic mass is 16.5. The lowest BCUT2D eigenvalue weighted by Crippen LogP contribution is -2.35. The second-order valence-electron chi connectivity index (χ2n) is 4.92. The normalized spacial score (nSPS) is 18.6. The summed E-state index contributed by atoms with van der Waals surface area (Å²) < 4.78 is 10.4. The van der Waals surface area contributed by atoms with Gasteiger partial charge in [0.1, 0.15) is 5.75 Å². The van der Waals surface area contributed by atoms with Gasteiger partial charge in [0.25, 0.3) is 5.91 Å². The van der Waals surface area contributed by atoms with Gasteiger partial charge in [-0.2, -0.15) is 0 Å². The van der Waals surface area contributed by atoms with E-state index in [9.17, 15) is 9.59 Å². The van der Waals surface area contributed by atoms with E-state index in [0.717, 1.165) is 25.9 Å². The molecule has 2 rings (SSSR count). The molecule has 0 aromatic heterocycles. The quantitative estimate of drug-likeness (QED) is 0.858. The van der Waals surface area contributed by atoms with Crippen molar-refractivity contribution in [1.82, 2.24) is 5.32 Å². The van der Waals surface area contributed by atoms with Gasteiger partial charge in [0.15, 0.2) is 6.61 Å². The van der Waals surface area contributed by atoms with E-state index in [1.165, 1.54) is 0 Å². The van der Waals surface area contributed by atoms with Gasteiger partial charge in [0.2, 0.25) is 0 Å². The largest absolute Gasteiger partial charge is 0.482 e. The average Bonchev–Trinajstić information content (AvgIpc) is 2.74. The number of ether oxygens (including phenoxy) is 2. The lowest BCUT2D eigenvalue weighted by atomic mass is 10.1. The van der Waals surface area contributed by atoms with Crippen molar-refractivity contribution >= 4 is 11.9 Å². The van der Waals surface area contributed by atoms with E-state index >= 15 is 0 Å². The van der Waals surface area contributed by atoms with Gasteiger partial charge in [-0.15, -0.1) is 0 Å². The van der Waals surface area contributed by atoms with E-state index in [2.05, 4.69) is 5.32 Å². The topological polar surface area (TPSA) is 84.9 Å². The van der Waals surface area contributed by atoms with Crippen molar-refractivity contribution in [3.63, 3.8) is 0 Å². The summed E-state index contributed by atoms with van der Waals surface area (Å²) in [6.07, 6.45) is 2.65. The van der Waals surface area contributed by atoms with Gasteiger partial charge >= 0.3 is 5.97 Å². The summed E-state index contributed by atoms with van der Waals surface area (Å²) in [6.45, 7) is 0.975. The first-order chi connectivity index (χ1) is 10.1. The van der Waals surface area contributed by atoms with Crippen LogP contribution in [0.4, 0.5) is 0 Å². The summed E-state index contributed by atoms with van der Waals surface area (Å²) in [5.74, 6) is -0.861. The first-order valence-corrected chi connectivity index (χ1v) is 6.98. The van der Waals surface area contributed by atoms with E-state index in [1.54, 1.807) is 24.3 Å². The summed E-state index contributed by atoms with van der Waals surface area (Å²) in [4.78, 5) is 22.7. The van der Waals surface area contributed by atoms with Crippen LogP contribution in [0.5, 0.6) is 5.75 Å². The number of carbonyl (C=O) groups is 2. The molecule has 0 bridgehead atoms. The van der Waals surface area contributed by atoms with Gasteiger partial charge in [-0.25, -0.2) is 4.79 Å². The van der Waals surface area contributed by atoms with Crippen LogP contribution in [0.25, 0.3) is 0 Å². The summed E-state index contributed by atoms with van der Waals surface area (Å²) >= 11 is 0. The van der Waals surface area contributed by atoms with Crippen LogP contribution in [0.3, 0.4) is 0 Å². The molecule has 1 atom stereocenters. The number of aliphatic carboxylic acids is 1. The SMILES string of the molecule is O=C(O)COc1cccc(C(=O)NC2CCCOCC2)c1. The second kappa shape index (κ2) is 7.64. The van der Waals surface area contributed by atoms with E-state index in [0.29, 0.717) is 17.9 Å². The molecule has 1 aliphatic rings. The van der Waals surface area contributed by atoms with Crippen LogP contribution in [0, 0.1) is 0 Å². The zero-order valence-corrected chi connectivity index (χ0v) is 11.7. The third-order valence-corrected chi connectivity index (χ3v) is 3.25. The Morgan fingerprint density at radius 3 is 3.00 bits per heavy atom. The van der Waals surface area contributed by atoms with Gasteiger partial charge in [0, 0.05) is 24.8 Å². The summed E-state index contributed by atoms with van der Waals surface area (Å²) in [5.41, 5.74) is 0.461. The molecule has 0 aliphatic carbocycles. The minimum absolute atomic E-state index is 0.114. The standard InChI is InChI=1S/C15H19NO5/c17-14(18)10-21-13-5-1-3-11(9-13)15(19)16-12-4-2-7-20-8-6-12/h1,3,5,9,12H,2,4,6-8,10H2,(H,16,19)(H,17,18). The monoisotopic (exact) mass is 293 g/mol. The van der Waals surface area contributed by atoms with Gasteiger partial charge in [-0.3, -0.25) is 4.79 Å². The molecule has 0 radical (unpaired) electrons. The molecule has 1 saturated heterocycles. The Morgan fingerprint density at radius 1 is 1.33 bits per heavy atom. The molecule has 1 heterocycles. The molecule has 1 aromatic carbocycles. The Labute approximate surface area is 123 Å². The number of carbonyl (C=O) groups excluding carboxylic acids is 1. The zero-order chi connectivity index (χ0) is 15.1. The molecular weight excluding hydrogens is 274 g/mol. The Hall–Kier alpha value is -2.08. The van der Waals surface area contributed by atoms with Crippen molar-refractivity contribution < 1.29 is 24.2 Å². The van der Waals surface area contributed by atoms with E-state index in [-0.39, 0.29) is 11.9 Å². The number of rotatable bonds is 5. The van der Waals surface area contributed by atoms with Crippen molar-refractivity contribution in [3.05, 3.63) is 29.8 Å². The molecular formula is C15H19NO5. The van der Waals surface area contributed by atoms with Crippen LogP contribution in [-0.2, 0) is 9.53 Å². The number of benzene rings is 1. The Balaban J connectivity index is 1.94. The van der Waals surface area contributed by atoms with Crippen molar-refractivity contribution in [2.75, 3.05) is 19.8 Å². The van der Waals surface area contributed by atoms with Crippen LogP contribution >= 0.6 is 0 Å². The number of carboxylic acid groups (broad SMARTS) is 1. The predicted molar refractivity (Wildman–Crippen MR) is 75.5 cm³/mol. The van der Waals surface area contributed by atoms with E-state index in [1.807, 2.05) is 0 Å². The number of nitrogens with one attached hydrogen (secondary N) is 1. The summed E-state index contributed by atoms with van der Waals surface area (Å²) in [6, 6.07) is 6.63. The third kappa shape index (κ3) is 5.07. The van der Waals surface area contributed by atoms with Gasteiger partial charge in [0.05, 0.1) is 0 Å². The van der Waals surface area contributed by atoms with Crippen LogP contribution < -0.4 is 10.1 Å². The Kier molecular flexibility index (Phi) is 5.57. The highest BCUT2D eigenvalue weighted by Crippen LogP contribution is 2.14. The molecule has 6 nitrogen and oxygen atoms in total. The second-order valence-corrected chi connectivity index (χ2v) is 4.92. The van der Waals surface area contributed by atoms with Crippen molar-refractivity contribution in [2.24, 2.45) is 0 Å². The number of carboxylic acids is 1. The molecule has 0 spiro atoms. The van der Waals surface area contributed by atoms with E-state index < -0.39 is 12.6 Å². The van der Waals surface area contributed by atoms with Gasteiger partial charge in [-0.1, -0.05) is 6.07 Å². The van der Waals surface area contributed by atoms with Gasteiger partial charge in [-0.05, 0) is 37.5 Å². The third-order valence-electron chi connectivity index (χ3n) is 3.25. The minimum Gasteiger partial charge on any atom is -0.482 e. The highest BCUT2D eigenvalue weighted by molar-refractivity contribution is 5.94. The maximum atomic E-state index is 12.2. The fourth-order valence-corrected chi connectivity index (χ4v) is 2.19. The van der Waals surface area contributed by atoms with Crippen LogP contribution in [-0.4, -0.2) is 42.8 Å². The summed E-state index contributed by atoms with van der Waals surface area (Å²) in [7, 11) is 0. The molecule has 1 aromatic rings. The average molecular weight is 293 g/mol. The lowest BCUT2D eigenvalue weighted by Gasteiger charge is -2.15. The molecule has 1 fully saturated rings. The summed E-state index contributed by atoms with van der Waals surface area (Å²) in [5, 5.41) is 11.6. The maximum Gasteiger partial charge on any atom is 0.341 e. The Morgan fingerprint density at radius 2 is 2.19 bits per heavy atom. The van der Waals surface area contributed by atoms with Gasteiger partial charge < -0.3 is 19.9 Å². The zero-order valence-electron chi connectivity index (χ0n) is 11.7. The van der Waals surface area contributed by atoms with Crippen LogP contribution in [0.2, 0.25) is 0 Å². The van der Waals surface area contributed by atoms with E-state index in [4.69, 9.17) is 14.6 Å². The fourth-order valence-electron chi connectivity index (χ4n) is 2.19. The molecule has 1 aliphatic heterocycles. The van der Waals surface area contributed by atoms with Crippen LogP contribution in [0.1, 0.15) is 29.6 Å². The van der Waals surface area contributed by atoms with Crippen LogP contribution in [0.15, 0.2) is 24.3 Å². The smallest absolute Gasteiger partial charge is 0.341 e. The number of amides is 1. The molecule has 1 unspecified atom stereocenters. The number of hydrogen-bond donors (Lipinski definition) is 2. The molecule has 2 N–H and O–H groups in total. The first kappa shape index (κ1) is 15.3. The Bertz CT molecular complexity index is 495. The molecule has 6 heteroatoms. The first-order valence-electron chi connectivity index (χ1n) is 6.98. The molecule has 114 valence electrons.